The summed E-state index contributed by atoms with van der Waals surface area (Å²) in [6, 6.07) is 8.41. The number of nitrogens with one attached hydrogen (secondary N) is 1. The van der Waals surface area contributed by atoms with Gasteiger partial charge in [-0.2, -0.15) is 0 Å². The van der Waals surface area contributed by atoms with Crippen molar-refractivity contribution in [2.24, 2.45) is 0 Å². The largest absolute Gasteiger partial charge is 0.487 e. The average Bonchev–Trinajstić information content (AvgIpc) is 2.35. The highest BCUT2D eigenvalue weighted by atomic mass is 32.2. The second-order valence-corrected chi connectivity index (χ2v) is 4.83. The van der Waals surface area contributed by atoms with Gasteiger partial charge < -0.3 is 14.8 Å². The van der Waals surface area contributed by atoms with Crippen LogP contribution >= 0.6 is 11.8 Å². The van der Waals surface area contributed by atoms with Gasteiger partial charge in [-0.05, 0) is 19.2 Å². The molecule has 1 aliphatic rings. The molecule has 2 rings (SSSR count). The van der Waals surface area contributed by atoms with E-state index in [4.69, 9.17) is 9.47 Å². The summed E-state index contributed by atoms with van der Waals surface area (Å²) < 4.78 is 11.2. The minimum absolute atomic E-state index is 0.171. The van der Waals surface area contributed by atoms with Crippen molar-refractivity contribution < 1.29 is 9.47 Å². The topological polar surface area (TPSA) is 30.5 Å². The van der Waals surface area contributed by atoms with Crippen LogP contribution in [0.4, 0.5) is 0 Å². The van der Waals surface area contributed by atoms with Gasteiger partial charge in [0.05, 0.1) is 12.6 Å². The molecule has 3 nitrogen and oxygen atoms in total. The molecule has 88 valence electrons. The molecule has 0 bridgehead atoms. The number of benzene rings is 1. The summed E-state index contributed by atoms with van der Waals surface area (Å²) in [5.41, 5.74) is 0. The molecule has 0 saturated carbocycles. The number of hydrogen-bond acceptors (Lipinski definition) is 4. The lowest BCUT2D eigenvalue weighted by Crippen LogP contribution is -2.46. The molecule has 1 aromatic carbocycles. The molecule has 0 aromatic heterocycles. The summed E-state index contributed by atoms with van der Waals surface area (Å²) in [6.07, 6.45) is 0.171. The number of para-hydroxylation sites is 1. The number of fused-ring (bicyclic) bond motifs is 1. The van der Waals surface area contributed by atoms with Crippen LogP contribution in [0.1, 0.15) is 0 Å². The van der Waals surface area contributed by atoms with Gasteiger partial charge in [0.2, 0.25) is 0 Å². The molecule has 1 aromatic rings. The Labute approximate surface area is 101 Å². The van der Waals surface area contributed by atoms with Crippen molar-refractivity contribution in [3.8, 4) is 5.75 Å². The molecule has 1 N–H and O–H groups in total. The number of likely N-dealkylation sites (N-methyl/N-ethyl adjacent to an activating group) is 1. The lowest BCUT2D eigenvalue weighted by atomic mass is 10.2. The maximum absolute atomic E-state index is 5.97. The standard InChI is InChI=1S/C12H17NO2S/c1-13-9(7-14-2)11-8-16-12-6-4-3-5-10(12)15-11/h3-6,9,11,13H,7-8H2,1-2H3. The number of thioether (sulfide) groups is 1. The number of rotatable bonds is 4. The Morgan fingerprint density at radius 2 is 2.38 bits per heavy atom. The molecule has 1 aliphatic heterocycles. The first-order valence-electron chi connectivity index (χ1n) is 5.40. The first-order valence-corrected chi connectivity index (χ1v) is 6.38. The second kappa shape index (κ2) is 5.57. The maximum Gasteiger partial charge on any atom is 0.133 e. The first-order chi connectivity index (χ1) is 7.85. The lowest BCUT2D eigenvalue weighted by Gasteiger charge is -2.31. The summed E-state index contributed by atoms with van der Waals surface area (Å²) >= 11 is 1.85. The van der Waals surface area contributed by atoms with Gasteiger partial charge in [0.1, 0.15) is 11.9 Å². The van der Waals surface area contributed by atoms with Gasteiger partial charge in [0.25, 0.3) is 0 Å². The third kappa shape index (κ3) is 2.51. The highest BCUT2D eigenvalue weighted by Crippen LogP contribution is 2.35. The molecule has 2 atom stereocenters. The van der Waals surface area contributed by atoms with Crippen LogP contribution in [-0.4, -0.2) is 38.7 Å². The Hall–Kier alpha value is -0.710. The van der Waals surface area contributed by atoms with E-state index in [-0.39, 0.29) is 12.1 Å². The Morgan fingerprint density at radius 1 is 1.56 bits per heavy atom. The smallest absolute Gasteiger partial charge is 0.133 e. The zero-order valence-electron chi connectivity index (χ0n) is 9.60. The van der Waals surface area contributed by atoms with Crippen LogP contribution < -0.4 is 10.1 Å². The molecule has 0 saturated heterocycles. The van der Waals surface area contributed by atoms with E-state index in [1.54, 1.807) is 7.11 Å². The van der Waals surface area contributed by atoms with E-state index in [2.05, 4.69) is 11.4 Å². The fraction of sp³-hybridized carbons (Fsp3) is 0.500. The predicted molar refractivity (Wildman–Crippen MR) is 66.3 cm³/mol. The van der Waals surface area contributed by atoms with E-state index in [9.17, 15) is 0 Å². The zero-order chi connectivity index (χ0) is 11.4. The molecule has 0 amide bonds. The summed E-state index contributed by atoms with van der Waals surface area (Å²) in [5.74, 6) is 1.95. The molecule has 0 spiro atoms. The average molecular weight is 239 g/mol. The van der Waals surface area contributed by atoms with Gasteiger partial charge in [-0.25, -0.2) is 0 Å². The van der Waals surface area contributed by atoms with Crippen molar-refractivity contribution in [3.63, 3.8) is 0 Å². The van der Waals surface area contributed by atoms with Crippen molar-refractivity contribution in [1.29, 1.82) is 0 Å². The number of methoxy groups -OCH3 is 1. The summed E-state index contributed by atoms with van der Waals surface area (Å²) in [7, 11) is 3.66. The molecular formula is C12H17NO2S. The SMILES string of the molecule is CNC(COC)C1CSc2ccccc2O1. The summed E-state index contributed by atoms with van der Waals surface area (Å²) in [5, 5.41) is 3.24. The van der Waals surface area contributed by atoms with E-state index in [0.717, 1.165) is 11.5 Å². The Kier molecular flexibility index (Phi) is 4.09. The van der Waals surface area contributed by atoms with Crippen molar-refractivity contribution in [2.75, 3.05) is 26.5 Å². The fourth-order valence-electron chi connectivity index (χ4n) is 1.79. The van der Waals surface area contributed by atoms with Crippen LogP contribution in [0.2, 0.25) is 0 Å². The number of ether oxygens (including phenoxy) is 2. The predicted octanol–water partition coefficient (Wildman–Crippen LogP) is 1.77. The molecule has 1 heterocycles. The molecule has 4 heteroatoms. The minimum Gasteiger partial charge on any atom is -0.487 e. The van der Waals surface area contributed by atoms with Crippen LogP contribution in [0.3, 0.4) is 0 Å². The molecular weight excluding hydrogens is 222 g/mol. The van der Waals surface area contributed by atoms with Gasteiger partial charge >= 0.3 is 0 Å². The van der Waals surface area contributed by atoms with Crippen LogP contribution in [0.15, 0.2) is 29.2 Å². The molecule has 2 unspecified atom stereocenters. The van der Waals surface area contributed by atoms with E-state index >= 15 is 0 Å². The van der Waals surface area contributed by atoms with Crippen molar-refractivity contribution in [2.45, 2.75) is 17.0 Å². The minimum atomic E-state index is 0.171. The van der Waals surface area contributed by atoms with Gasteiger partial charge in [-0.1, -0.05) is 12.1 Å². The molecule has 0 aliphatic carbocycles. The normalized spacial score (nSPS) is 21.0. The first kappa shape index (κ1) is 11.8. The quantitative estimate of drug-likeness (QED) is 0.867. The highest BCUT2D eigenvalue weighted by molar-refractivity contribution is 7.99. The Bertz CT molecular complexity index is 346. The van der Waals surface area contributed by atoms with E-state index in [0.29, 0.717) is 6.61 Å². The van der Waals surface area contributed by atoms with Crippen molar-refractivity contribution >= 4 is 11.8 Å². The monoisotopic (exact) mass is 239 g/mol. The molecule has 0 radical (unpaired) electrons. The van der Waals surface area contributed by atoms with Crippen LogP contribution in [0.25, 0.3) is 0 Å². The third-order valence-corrected chi connectivity index (χ3v) is 3.84. The van der Waals surface area contributed by atoms with Gasteiger partial charge in [0, 0.05) is 17.8 Å². The Balaban J connectivity index is 2.06. The fourth-order valence-corrected chi connectivity index (χ4v) is 2.87. The molecule has 16 heavy (non-hydrogen) atoms. The maximum atomic E-state index is 5.97. The van der Waals surface area contributed by atoms with Gasteiger partial charge in [0.15, 0.2) is 0 Å². The van der Waals surface area contributed by atoms with Crippen LogP contribution in [0.5, 0.6) is 5.75 Å². The zero-order valence-corrected chi connectivity index (χ0v) is 10.4. The van der Waals surface area contributed by atoms with E-state index in [1.807, 2.05) is 37.0 Å². The molecule has 0 fully saturated rings. The second-order valence-electron chi connectivity index (χ2n) is 3.76. The van der Waals surface area contributed by atoms with Gasteiger partial charge in [-0.15, -0.1) is 11.8 Å². The highest BCUT2D eigenvalue weighted by Gasteiger charge is 2.26. The van der Waals surface area contributed by atoms with E-state index in [1.165, 1.54) is 4.90 Å². The van der Waals surface area contributed by atoms with Crippen LogP contribution in [-0.2, 0) is 4.74 Å². The summed E-state index contributed by atoms with van der Waals surface area (Å²) in [6.45, 7) is 0.671. The van der Waals surface area contributed by atoms with Crippen molar-refractivity contribution in [3.05, 3.63) is 24.3 Å². The third-order valence-electron chi connectivity index (χ3n) is 2.70. The Morgan fingerprint density at radius 3 is 3.12 bits per heavy atom. The number of hydrogen-bond donors (Lipinski definition) is 1. The van der Waals surface area contributed by atoms with Crippen molar-refractivity contribution in [1.82, 2.24) is 5.32 Å². The van der Waals surface area contributed by atoms with Gasteiger partial charge in [-0.3, -0.25) is 0 Å². The van der Waals surface area contributed by atoms with Crippen LogP contribution in [0, 0.1) is 0 Å². The van der Waals surface area contributed by atoms with E-state index < -0.39 is 0 Å². The summed E-state index contributed by atoms with van der Waals surface area (Å²) in [4.78, 5) is 1.23. The lowest BCUT2D eigenvalue weighted by molar-refractivity contribution is 0.0971.